The largest absolute Gasteiger partial charge is 0.497 e. The summed E-state index contributed by atoms with van der Waals surface area (Å²) in [5, 5.41) is 12.6. The van der Waals surface area contributed by atoms with Crippen molar-refractivity contribution in [2.75, 3.05) is 12.4 Å². The van der Waals surface area contributed by atoms with E-state index in [2.05, 4.69) is 15.5 Å². The lowest BCUT2D eigenvalue weighted by Gasteiger charge is -2.17. The van der Waals surface area contributed by atoms with Crippen LogP contribution in [0.5, 0.6) is 5.75 Å². The van der Waals surface area contributed by atoms with Gasteiger partial charge in [-0.25, -0.2) is 0 Å². The van der Waals surface area contributed by atoms with Crippen molar-refractivity contribution in [2.45, 2.75) is 6.04 Å². The van der Waals surface area contributed by atoms with Gasteiger partial charge in [-0.15, -0.1) is 10.2 Å². The number of nitrogens with one attached hydrogen (secondary N) is 1. The molecule has 0 amide bonds. The smallest absolute Gasteiger partial charge is 0.247 e. The molecule has 4 rings (SSSR count). The van der Waals surface area contributed by atoms with Crippen LogP contribution < -0.4 is 10.1 Å². The van der Waals surface area contributed by atoms with Crippen molar-refractivity contribution < 1.29 is 9.15 Å². The average Bonchev–Trinajstić information content (AvgIpc) is 3.23. The fourth-order valence-corrected chi connectivity index (χ4v) is 3.10. The number of nitrogens with zero attached hydrogens (tertiary/aromatic N) is 2. The van der Waals surface area contributed by atoms with E-state index in [9.17, 15) is 0 Å². The first-order valence-corrected chi connectivity index (χ1v) is 9.15. The van der Waals surface area contributed by atoms with Crippen LogP contribution in [0.15, 0.2) is 83.3 Å². The number of ether oxygens (including phenoxy) is 1. The molecule has 1 N–H and O–H groups in total. The first-order chi connectivity index (χ1) is 13.7. The van der Waals surface area contributed by atoms with Gasteiger partial charge in [0.15, 0.2) is 0 Å². The van der Waals surface area contributed by atoms with Crippen molar-refractivity contribution in [1.29, 1.82) is 0 Å². The highest BCUT2D eigenvalue weighted by Gasteiger charge is 2.22. The van der Waals surface area contributed by atoms with Crippen molar-refractivity contribution in [2.24, 2.45) is 0 Å². The maximum Gasteiger partial charge on any atom is 0.247 e. The minimum Gasteiger partial charge on any atom is -0.497 e. The molecule has 140 valence electrons. The van der Waals surface area contributed by atoms with Crippen LogP contribution in [0.3, 0.4) is 0 Å². The zero-order valence-electron chi connectivity index (χ0n) is 15.2. The molecule has 5 nitrogen and oxygen atoms in total. The summed E-state index contributed by atoms with van der Waals surface area (Å²) in [5.41, 5.74) is 2.65. The van der Waals surface area contributed by atoms with Crippen LogP contribution in [0.1, 0.15) is 17.5 Å². The minimum atomic E-state index is -0.365. The predicted molar refractivity (Wildman–Crippen MR) is 110 cm³/mol. The zero-order valence-corrected chi connectivity index (χ0v) is 15.9. The van der Waals surface area contributed by atoms with Gasteiger partial charge in [-0.05, 0) is 42.0 Å². The highest BCUT2D eigenvalue weighted by Crippen LogP contribution is 2.30. The van der Waals surface area contributed by atoms with Crippen LogP contribution in [-0.4, -0.2) is 17.3 Å². The summed E-state index contributed by atoms with van der Waals surface area (Å²) < 4.78 is 11.3. The van der Waals surface area contributed by atoms with E-state index in [1.807, 2.05) is 78.9 Å². The first kappa shape index (κ1) is 18.1. The number of aromatic nitrogens is 2. The summed E-state index contributed by atoms with van der Waals surface area (Å²) in [4.78, 5) is 0. The third-order valence-electron chi connectivity index (χ3n) is 4.27. The third-order valence-corrected chi connectivity index (χ3v) is 4.51. The molecule has 0 radical (unpaired) electrons. The molecule has 0 unspecified atom stereocenters. The molecular weight excluding hydrogens is 374 g/mol. The number of rotatable bonds is 6. The van der Waals surface area contributed by atoms with Crippen LogP contribution in [0.25, 0.3) is 11.5 Å². The number of hydrogen-bond donors (Lipinski definition) is 1. The van der Waals surface area contributed by atoms with E-state index in [0.717, 1.165) is 22.6 Å². The Morgan fingerprint density at radius 1 is 0.929 bits per heavy atom. The fourth-order valence-electron chi connectivity index (χ4n) is 2.90. The second kappa shape index (κ2) is 8.15. The first-order valence-electron chi connectivity index (χ1n) is 8.78. The molecule has 4 aromatic rings. The maximum atomic E-state index is 6.21. The van der Waals surface area contributed by atoms with Gasteiger partial charge in [0.25, 0.3) is 0 Å². The van der Waals surface area contributed by atoms with E-state index in [-0.39, 0.29) is 6.04 Å². The van der Waals surface area contributed by atoms with Crippen LogP contribution in [0.4, 0.5) is 5.69 Å². The summed E-state index contributed by atoms with van der Waals surface area (Å²) >= 11 is 6.21. The molecule has 1 aromatic heterocycles. The van der Waals surface area contributed by atoms with Gasteiger partial charge in [0, 0.05) is 22.3 Å². The molecule has 0 aliphatic heterocycles. The van der Waals surface area contributed by atoms with Crippen molar-refractivity contribution in [3.8, 4) is 17.2 Å². The Morgan fingerprint density at radius 3 is 2.54 bits per heavy atom. The standard InChI is InChI=1S/C22H18ClN3O2/c1-27-19-12-6-11-18(14-19)24-20(16-9-5-10-17(23)13-16)22-26-25-21(28-22)15-7-3-2-4-8-15/h2-14,20,24H,1H3/t20-/m0/s1. The Labute approximate surface area is 168 Å². The van der Waals surface area contributed by atoms with E-state index in [0.29, 0.717) is 16.8 Å². The number of methoxy groups -OCH3 is 1. The van der Waals surface area contributed by atoms with E-state index in [1.54, 1.807) is 7.11 Å². The summed E-state index contributed by atoms with van der Waals surface area (Å²) in [5.74, 6) is 1.67. The molecule has 1 heterocycles. The van der Waals surface area contributed by atoms with E-state index < -0.39 is 0 Å². The normalized spacial score (nSPS) is 11.8. The Bertz CT molecular complexity index is 1070. The highest BCUT2D eigenvalue weighted by atomic mass is 35.5. The maximum absolute atomic E-state index is 6.21. The molecule has 3 aromatic carbocycles. The SMILES string of the molecule is COc1cccc(N[C@@H](c2cccc(Cl)c2)c2nnc(-c3ccccc3)o2)c1. The lowest BCUT2D eigenvalue weighted by Crippen LogP contribution is -2.13. The number of anilines is 1. The van der Waals surface area contributed by atoms with Gasteiger partial charge < -0.3 is 14.5 Å². The van der Waals surface area contributed by atoms with Crippen LogP contribution >= 0.6 is 11.6 Å². The van der Waals surface area contributed by atoms with Gasteiger partial charge in [0.2, 0.25) is 11.8 Å². The van der Waals surface area contributed by atoms with E-state index in [4.69, 9.17) is 20.8 Å². The monoisotopic (exact) mass is 391 g/mol. The number of hydrogen-bond acceptors (Lipinski definition) is 5. The average molecular weight is 392 g/mol. The number of benzene rings is 3. The molecule has 0 aliphatic carbocycles. The second-order valence-corrected chi connectivity index (χ2v) is 6.61. The zero-order chi connectivity index (χ0) is 19.3. The van der Waals surface area contributed by atoms with Gasteiger partial charge in [-0.3, -0.25) is 0 Å². The molecule has 0 bridgehead atoms. The fraction of sp³-hybridized carbons (Fsp3) is 0.0909. The second-order valence-electron chi connectivity index (χ2n) is 6.18. The highest BCUT2D eigenvalue weighted by molar-refractivity contribution is 6.30. The Morgan fingerprint density at radius 2 is 1.75 bits per heavy atom. The van der Waals surface area contributed by atoms with Crippen molar-refractivity contribution in [3.63, 3.8) is 0 Å². The molecule has 28 heavy (non-hydrogen) atoms. The quantitative estimate of drug-likeness (QED) is 0.463. The van der Waals surface area contributed by atoms with E-state index >= 15 is 0 Å². The van der Waals surface area contributed by atoms with Crippen molar-refractivity contribution in [1.82, 2.24) is 10.2 Å². The molecule has 0 saturated carbocycles. The van der Waals surface area contributed by atoms with Crippen LogP contribution in [0.2, 0.25) is 5.02 Å². The lowest BCUT2D eigenvalue weighted by molar-refractivity contribution is 0.415. The van der Waals surface area contributed by atoms with Gasteiger partial charge in [0.05, 0.1) is 7.11 Å². The summed E-state index contributed by atoms with van der Waals surface area (Å²) in [7, 11) is 1.64. The predicted octanol–water partition coefficient (Wildman–Crippen LogP) is 5.60. The Kier molecular flexibility index (Phi) is 5.26. The topological polar surface area (TPSA) is 60.2 Å². The van der Waals surface area contributed by atoms with Gasteiger partial charge in [-0.2, -0.15) is 0 Å². The Balaban J connectivity index is 1.72. The Hall–Kier alpha value is -3.31. The lowest BCUT2D eigenvalue weighted by atomic mass is 10.1. The van der Waals surface area contributed by atoms with Gasteiger partial charge >= 0.3 is 0 Å². The van der Waals surface area contributed by atoms with Gasteiger partial charge in [0.1, 0.15) is 11.8 Å². The number of halogens is 1. The molecule has 0 aliphatic rings. The van der Waals surface area contributed by atoms with Crippen molar-refractivity contribution >= 4 is 17.3 Å². The molecule has 6 heteroatoms. The molecule has 0 spiro atoms. The molecule has 1 atom stereocenters. The van der Waals surface area contributed by atoms with Crippen molar-refractivity contribution in [3.05, 3.63) is 95.3 Å². The molecule has 0 fully saturated rings. The van der Waals surface area contributed by atoms with Gasteiger partial charge in [-0.1, -0.05) is 48.0 Å². The molecule has 0 saturated heterocycles. The van der Waals surface area contributed by atoms with Crippen LogP contribution in [-0.2, 0) is 0 Å². The van der Waals surface area contributed by atoms with E-state index in [1.165, 1.54) is 0 Å². The third kappa shape index (κ3) is 4.00. The van der Waals surface area contributed by atoms with Crippen LogP contribution in [0, 0.1) is 0 Å². The molecular formula is C22H18ClN3O2. The summed E-state index contributed by atoms with van der Waals surface area (Å²) in [6, 6.07) is 24.5. The minimum absolute atomic E-state index is 0.365. The summed E-state index contributed by atoms with van der Waals surface area (Å²) in [6.07, 6.45) is 0. The summed E-state index contributed by atoms with van der Waals surface area (Å²) in [6.45, 7) is 0.